The van der Waals surface area contributed by atoms with Gasteiger partial charge < -0.3 is 5.11 Å². The SMILES string of the molecule is Cc1nc(-c2ccc(Br)cc2C(F)(F)F)ncc1[C@@H](C)O. The lowest BCUT2D eigenvalue weighted by atomic mass is 10.1. The lowest BCUT2D eigenvalue weighted by Crippen LogP contribution is -2.09. The maximum absolute atomic E-state index is 13.1. The number of nitrogens with zero attached hydrogens (tertiary/aromatic N) is 2. The molecule has 0 spiro atoms. The highest BCUT2D eigenvalue weighted by Crippen LogP contribution is 2.37. The lowest BCUT2D eigenvalue weighted by Gasteiger charge is -2.14. The molecule has 0 aliphatic heterocycles. The molecule has 21 heavy (non-hydrogen) atoms. The van der Waals surface area contributed by atoms with Gasteiger partial charge in [0.05, 0.1) is 11.7 Å². The van der Waals surface area contributed by atoms with Crippen molar-refractivity contribution in [3.63, 3.8) is 0 Å². The van der Waals surface area contributed by atoms with E-state index in [4.69, 9.17) is 0 Å². The summed E-state index contributed by atoms with van der Waals surface area (Å²) in [5.74, 6) is -0.0169. The van der Waals surface area contributed by atoms with Gasteiger partial charge >= 0.3 is 6.18 Å². The Hall–Kier alpha value is -1.47. The molecular formula is C14H12BrF3N2O. The van der Waals surface area contributed by atoms with Gasteiger partial charge in [-0.15, -0.1) is 0 Å². The van der Waals surface area contributed by atoms with Gasteiger partial charge in [0.25, 0.3) is 0 Å². The van der Waals surface area contributed by atoms with E-state index in [-0.39, 0.29) is 11.4 Å². The minimum Gasteiger partial charge on any atom is -0.389 e. The van der Waals surface area contributed by atoms with E-state index in [1.165, 1.54) is 18.3 Å². The van der Waals surface area contributed by atoms with E-state index in [1.54, 1.807) is 13.8 Å². The van der Waals surface area contributed by atoms with Crippen molar-refractivity contribution in [1.29, 1.82) is 0 Å². The third-order valence-electron chi connectivity index (χ3n) is 3.00. The van der Waals surface area contributed by atoms with E-state index in [9.17, 15) is 18.3 Å². The summed E-state index contributed by atoms with van der Waals surface area (Å²) in [6, 6.07) is 3.83. The first-order valence-electron chi connectivity index (χ1n) is 6.09. The Kier molecular flexibility index (Phi) is 4.34. The zero-order valence-corrected chi connectivity index (χ0v) is 12.8. The first-order valence-corrected chi connectivity index (χ1v) is 6.88. The zero-order chi connectivity index (χ0) is 15.8. The van der Waals surface area contributed by atoms with Crippen molar-refractivity contribution in [3.05, 3.63) is 45.7 Å². The summed E-state index contributed by atoms with van der Waals surface area (Å²) in [5.41, 5.74) is 0.0440. The lowest BCUT2D eigenvalue weighted by molar-refractivity contribution is -0.137. The zero-order valence-electron chi connectivity index (χ0n) is 11.2. The molecule has 0 amide bonds. The molecule has 1 aromatic heterocycles. The highest BCUT2D eigenvalue weighted by atomic mass is 79.9. The largest absolute Gasteiger partial charge is 0.417 e. The number of aryl methyl sites for hydroxylation is 1. The van der Waals surface area contributed by atoms with Gasteiger partial charge in [0, 0.05) is 27.5 Å². The summed E-state index contributed by atoms with van der Waals surface area (Å²) >= 11 is 3.03. The fraction of sp³-hybridized carbons (Fsp3) is 0.286. The number of aliphatic hydroxyl groups is 1. The van der Waals surface area contributed by atoms with Gasteiger partial charge in [0.15, 0.2) is 5.82 Å². The predicted molar refractivity (Wildman–Crippen MR) is 75.5 cm³/mol. The van der Waals surface area contributed by atoms with Crippen LogP contribution in [0.15, 0.2) is 28.9 Å². The Bertz CT molecular complexity index is 672. The molecule has 0 bridgehead atoms. The van der Waals surface area contributed by atoms with Crippen LogP contribution in [0.4, 0.5) is 13.2 Å². The molecule has 0 aliphatic rings. The summed E-state index contributed by atoms with van der Waals surface area (Å²) in [5, 5.41) is 9.52. The summed E-state index contributed by atoms with van der Waals surface area (Å²) in [4.78, 5) is 8.03. The second-order valence-corrected chi connectivity index (χ2v) is 5.51. The molecular weight excluding hydrogens is 349 g/mol. The van der Waals surface area contributed by atoms with Crippen molar-refractivity contribution in [3.8, 4) is 11.4 Å². The summed E-state index contributed by atoms with van der Waals surface area (Å²) in [6.45, 7) is 3.17. The van der Waals surface area contributed by atoms with Crippen molar-refractivity contribution in [2.75, 3.05) is 0 Å². The molecule has 0 aliphatic carbocycles. The Balaban J connectivity index is 2.60. The number of hydrogen-bond donors (Lipinski definition) is 1. The predicted octanol–water partition coefficient (Wildman–Crippen LogP) is 4.29. The van der Waals surface area contributed by atoms with Crippen molar-refractivity contribution >= 4 is 15.9 Å². The molecule has 0 fully saturated rings. The van der Waals surface area contributed by atoms with Crippen LogP contribution in [0.25, 0.3) is 11.4 Å². The van der Waals surface area contributed by atoms with Gasteiger partial charge in [0.1, 0.15) is 0 Å². The molecule has 1 atom stereocenters. The number of aromatic nitrogens is 2. The Labute approximate surface area is 128 Å². The second-order valence-electron chi connectivity index (χ2n) is 4.60. The molecule has 112 valence electrons. The average Bonchev–Trinajstić information content (AvgIpc) is 2.37. The van der Waals surface area contributed by atoms with E-state index >= 15 is 0 Å². The first kappa shape index (κ1) is 15.9. The molecule has 2 rings (SSSR count). The van der Waals surface area contributed by atoms with Gasteiger partial charge in [-0.1, -0.05) is 15.9 Å². The van der Waals surface area contributed by atoms with Crippen molar-refractivity contribution in [2.24, 2.45) is 0 Å². The minimum atomic E-state index is -4.50. The third kappa shape index (κ3) is 3.41. The van der Waals surface area contributed by atoms with Crippen LogP contribution in [0.3, 0.4) is 0 Å². The normalized spacial score (nSPS) is 13.3. The number of benzene rings is 1. The first-order chi connectivity index (χ1) is 9.70. The van der Waals surface area contributed by atoms with Gasteiger partial charge in [-0.3, -0.25) is 0 Å². The maximum Gasteiger partial charge on any atom is 0.417 e. The van der Waals surface area contributed by atoms with Crippen molar-refractivity contribution in [2.45, 2.75) is 26.1 Å². The smallest absolute Gasteiger partial charge is 0.389 e. The Morgan fingerprint density at radius 1 is 1.29 bits per heavy atom. The van der Waals surface area contributed by atoms with Crippen LogP contribution in [-0.4, -0.2) is 15.1 Å². The molecule has 0 radical (unpaired) electrons. The average molecular weight is 361 g/mol. The number of aliphatic hydroxyl groups excluding tert-OH is 1. The van der Waals surface area contributed by atoms with Crippen LogP contribution in [0, 0.1) is 6.92 Å². The molecule has 2 aromatic rings. The van der Waals surface area contributed by atoms with Crippen LogP contribution in [0.2, 0.25) is 0 Å². The molecule has 1 heterocycles. The van der Waals surface area contributed by atoms with E-state index in [2.05, 4.69) is 25.9 Å². The fourth-order valence-corrected chi connectivity index (χ4v) is 2.32. The fourth-order valence-electron chi connectivity index (χ4n) is 1.96. The highest BCUT2D eigenvalue weighted by molar-refractivity contribution is 9.10. The van der Waals surface area contributed by atoms with Gasteiger partial charge in [0.2, 0.25) is 0 Å². The van der Waals surface area contributed by atoms with Crippen molar-refractivity contribution < 1.29 is 18.3 Å². The van der Waals surface area contributed by atoms with E-state index in [0.717, 1.165) is 6.07 Å². The summed E-state index contributed by atoms with van der Waals surface area (Å²) in [7, 11) is 0. The monoisotopic (exact) mass is 360 g/mol. The van der Waals surface area contributed by atoms with E-state index in [1.807, 2.05) is 0 Å². The van der Waals surface area contributed by atoms with Crippen LogP contribution in [0.5, 0.6) is 0 Å². The molecule has 0 saturated carbocycles. The number of hydrogen-bond acceptors (Lipinski definition) is 3. The Morgan fingerprint density at radius 3 is 2.48 bits per heavy atom. The van der Waals surface area contributed by atoms with Crippen molar-refractivity contribution in [1.82, 2.24) is 9.97 Å². The van der Waals surface area contributed by atoms with E-state index in [0.29, 0.717) is 15.7 Å². The third-order valence-corrected chi connectivity index (χ3v) is 3.49. The van der Waals surface area contributed by atoms with E-state index < -0.39 is 17.8 Å². The van der Waals surface area contributed by atoms with Crippen LogP contribution < -0.4 is 0 Å². The second kappa shape index (κ2) is 5.73. The highest BCUT2D eigenvalue weighted by Gasteiger charge is 2.34. The summed E-state index contributed by atoms with van der Waals surface area (Å²) in [6.07, 6.45) is -3.92. The molecule has 1 aromatic carbocycles. The number of alkyl halides is 3. The molecule has 0 saturated heterocycles. The van der Waals surface area contributed by atoms with Gasteiger partial charge in [-0.05, 0) is 32.0 Å². The number of rotatable bonds is 2. The quantitative estimate of drug-likeness (QED) is 0.868. The minimum absolute atomic E-state index is 0.0169. The standard InChI is InChI=1S/C14H12BrF3N2O/c1-7-11(8(2)21)6-19-13(20-7)10-4-3-9(15)5-12(10)14(16,17)18/h3-6,8,21H,1-2H3/t8-/m1/s1. The van der Waals surface area contributed by atoms with Gasteiger partial charge in [-0.2, -0.15) is 13.2 Å². The van der Waals surface area contributed by atoms with Crippen LogP contribution in [-0.2, 0) is 6.18 Å². The topological polar surface area (TPSA) is 46.0 Å². The molecule has 1 N–H and O–H groups in total. The maximum atomic E-state index is 13.1. The van der Waals surface area contributed by atoms with Crippen LogP contribution in [0.1, 0.15) is 29.8 Å². The molecule has 7 heteroatoms. The summed E-state index contributed by atoms with van der Waals surface area (Å²) < 4.78 is 39.6. The molecule has 0 unspecified atom stereocenters. The van der Waals surface area contributed by atoms with Crippen LogP contribution >= 0.6 is 15.9 Å². The van der Waals surface area contributed by atoms with Gasteiger partial charge in [-0.25, -0.2) is 9.97 Å². The molecule has 3 nitrogen and oxygen atoms in total. The number of halogens is 4. The Morgan fingerprint density at radius 2 is 1.95 bits per heavy atom.